The van der Waals surface area contributed by atoms with Gasteiger partial charge < -0.3 is 10.4 Å². The van der Waals surface area contributed by atoms with Crippen LogP contribution >= 0.6 is 0 Å². The molecule has 0 aliphatic heterocycles. The minimum atomic E-state index is -1.00. The molecule has 3 aromatic carbocycles. The number of amides is 1. The number of nitrogens with one attached hydrogen (secondary N) is 1. The highest BCUT2D eigenvalue weighted by atomic mass is 16.4. The van der Waals surface area contributed by atoms with Gasteiger partial charge in [0.05, 0.1) is 6.42 Å². The number of rotatable bonds is 6. The van der Waals surface area contributed by atoms with Gasteiger partial charge in [0.1, 0.15) is 0 Å². The Bertz CT molecular complexity index is 977. The SMILES string of the molecule is O=C(O)CCC(=O)c1ccc(NC(=O)c2ccc3ccccc3c2)cc1. The number of benzene rings is 3. The Kier molecular flexibility index (Phi) is 5.08. The molecule has 130 valence electrons. The number of anilines is 1. The number of hydrogen-bond acceptors (Lipinski definition) is 3. The second-order valence-electron chi connectivity index (χ2n) is 5.91. The van der Waals surface area contributed by atoms with Crippen molar-refractivity contribution in [3.05, 3.63) is 77.9 Å². The van der Waals surface area contributed by atoms with E-state index in [0.717, 1.165) is 10.8 Å². The van der Waals surface area contributed by atoms with Crippen LogP contribution in [0.1, 0.15) is 33.6 Å². The summed E-state index contributed by atoms with van der Waals surface area (Å²) < 4.78 is 0. The van der Waals surface area contributed by atoms with Gasteiger partial charge in [0.2, 0.25) is 0 Å². The molecule has 3 rings (SSSR count). The first kappa shape index (κ1) is 17.4. The molecule has 5 heteroatoms. The molecule has 0 atom stereocenters. The lowest BCUT2D eigenvalue weighted by atomic mass is 10.1. The van der Waals surface area contributed by atoms with Crippen LogP contribution in [-0.2, 0) is 4.79 Å². The van der Waals surface area contributed by atoms with Gasteiger partial charge in [0.25, 0.3) is 5.91 Å². The lowest BCUT2D eigenvalue weighted by Crippen LogP contribution is -2.12. The van der Waals surface area contributed by atoms with E-state index in [1.165, 1.54) is 0 Å². The topological polar surface area (TPSA) is 83.5 Å². The summed E-state index contributed by atoms with van der Waals surface area (Å²) in [6, 6.07) is 19.7. The van der Waals surface area contributed by atoms with Crippen LogP contribution in [0.5, 0.6) is 0 Å². The quantitative estimate of drug-likeness (QED) is 0.657. The first-order valence-corrected chi connectivity index (χ1v) is 8.18. The predicted molar refractivity (Wildman–Crippen MR) is 99.5 cm³/mol. The fraction of sp³-hybridized carbons (Fsp3) is 0.0952. The van der Waals surface area contributed by atoms with Gasteiger partial charge in [-0.1, -0.05) is 30.3 Å². The second kappa shape index (κ2) is 7.61. The van der Waals surface area contributed by atoms with Crippen LogP contribution in [0.2, 0.25) is 0 Å². The number of carboxylic acid groups (broad SMARTS) is 1. The third-order valence-electron chi connectivity index (χ3n) is 4.04. The molecule has 0 unspecified atom stereocenters. The first-order valence-electron chi connectivity index (χ1n) is 8.18. The Morgan fingerprint density at radius 1 is 0.769 bits per heavy atom. The van der Waals surface area contributed by atoms with Crippen molar-refractivity contribution in [1.82, 2.24) is 0 Å². The zero-order valence-electron chi connectivity index (χ0n) is 13.9. The largest absolute Gasteiger partial charge is 0.481 e. The number of carboxylic acids is 1. The summed E-state index contributed by atoms with van der Waals surface area (Å²) in [5.41, 5.74) is 1.54. The Morgan fingerprint density at radius 3 is 2.12 bits per heavy atom. The van der Waals surface area contributed by atoms with E-state index in [0.29, 0.717) is 16.8 Å². The van der Waals surface area contributed by atoms with Gasteiger partial charge in [0, 0.05) is 23.2 Å². The Balaban J connectivity index is 1.68. The fourth-order valence-electron chi connectivity index (χ4n) is 2.64. The maximum Gasteiger partial charge on any atom is 0.303 e. The lowest BCUT2D eigenvalue weighted by molar-refractivity contribution is -0.136. The normalized spacial score (nSPS) is 10.5. The van der Waals surface area contributed by atoms with E-state index in [9.17, 15) is 14.4 Å². The van der Waals surface area contributed by atoms with Crippen LogP contribution in [0.15, 0.2) is 66.7 Å². The van der Waals surface area contributed by atoms with E-state index in [-0.39, 0.29) is 24.5 Å². The summed E-state index contributed by atoms with van der Waals surface area (Å²) in [5, 5.41) is 13.5. The molecule has 0 heterocycles. The minimum Gasteiger partial charge on any atom is -0.481 e. The highest BCUT2D eigenvalue weighted by Crippen LogP contribution is 2.18. The first-order chi connectivity index (χ1) is 12.5. The number of hydrogen-bond donors (Lipinski definition) is 2. The lowest BCUT2D eigenvalue weighted by Gasteiger charge is -2.07. The maximum atomic E-state index is 12.4. The molecule has 26 heavy (non-hydrogen) atoms. The van der Waals surface area contributed by atoms with Crippen molar-refractivity contribution in [2.45, 2.75) is 12.8 Å². The van der Waals surface area contributed by atoms with Gasteiger partial charge in [-0.25, -0.2) is 0 Å². The molecule has 2 N–H and O–H groups in total. The highest BCUT2D eigenvalue weighted by Gasteiger charge is 2.10. The average Bonchev–Trinajstić information content (AvgIpc) is 2.66. The number of Topliss-reactive ketones (excluding diaryl/α,β-unsaturated/α-hetero) is 1. The van der Waals surface area contributed by atoms with Gasteiger partial charge >= 0.3 is 5.97 Å². The smallest absolute Gasteiger partial charge is 0.303 e. The van der Waals surface area contributed by atoms with Crippen LogP contribution in [0.25, 0.3) is 10.8 Å². The number of carbonyl (C=O) groups is 3. The molecule has 0 aliphatic carbocycles. The molecule has 0 aliphatic rings. The summed E-state index contributed by atoms with van der Waals surface area (Å²) in [4.78, 5) is 34.8. The zero-order chi connectivity index (χ0) is 18.5. The van der Waals surface area contributed by atoms with E-state index in [1.54, 1.807) is 30.3 Å². The molecule has 0 saturated heterocycles. The van der Waals surface area contributed by atoms with Crippen molar-refractivity contribution in [3.63, 3.8) is 0 Å². The maximum absolute atomic E-state index is 12.4. The number of carbonyl (C=O) groups excluding carboxylic acids is 2. The molecule has 0 aromatic heterocycles. The fourth-order valence-corrected chi connectivity index (χ4v) is 2.64. The van der Waals surface area contributed by atoms with Crippen LogP contribution in [0.3, 0.4) is 0 Å². The molecule has 1 amide bonds. The van der Waals surface area contributed by atoms with Crippen LogP contribution in [0, 0.1) is 0 Å². The Labute approximate surface area is 150 Å². The molecule has 5 nitrogen and oxygen atoms in total. The molecule has 3 aromatic rings. The van der Waals surface area contributed by atoms with Crippen molar-refractivity contribution in [1.29, 1.82) is 0 Å². The summed E-state index contributed by atoms with van der Waals surface area (Å²) >= 11 is 0. The van der Waals surface area contributed by atoms with Gasteiger partial charge in [-0.2, -0.15) is 0 Å². The Hall–Kier alpha value is -3.47. The standard InChI is InChI=1S/C21H17NO4/c23-19(11-12-20(24)25)15-7-9-18(10-8-15)22-21(26)17-6-5-14-3-1-2-4-16(14)13-17/h1-10,13H,11-12H2,(H,22,26)(H,24,25). The Morgan fingerprint density at radius 2 is 1.42 bits per heavy atom. The number of fused-ring (bicyclic) bond motifs is 1. The molecule has 0 fully saturated rings. The second-order valence-corrected chi connectivity index (χ2v) is 5.91. The third kappa shape index (κ3) is 4.13. The van der Waals surface area contributed by atoms with E-state index < -0.39 is 5.97 Å². The number of ketones is 1. The average molecular weight is 347 g/mol. The minimum absolute atomic E-state index is 0.0435. The van der Waals surface area contributed by atoms with Crippen molar-refractivity contribution in [3.8, 4) is 0 Å². The van der Waals surface area contributed by atoms with Crippen molar-refractivity contribution in [2.24, 2.45) is 0 Å². The van der Waals surface area contributed by atoms with Crippen molar-refractivity contribution < 1.29 is 19.5 Å². The molecule has 0 saturated carbocycles. The van der Waals surface area contributed by atoms with Crippen molar-refractivity contribution in [2.75, 3.05) is 5.32 Å². The summed E-state index contributed by atoms with van der Waals surface area (Å²) in [6.45, 7) is 0. The van der Waals surface area contributed by atoms with E-state index in [2.05, 4.69) is 5.32 Å². The van der Waals surface area contributed by atoms with Crippen LogP contribution < -0.4 is 5.32 Å². The molecule has 0 radical (unpaired) electrons. The van der Waals surface area contributed by atoms with Gasteiger partial charge in [0.15, 0.2) is 5.78 Å². The molecule has 0 spiro atoms. The molecular formula is C21H17NO4. The highest BCUT2D eigenvalue weighted by molar-refractivity contribution is 6.06. The monoisotopic (exact) mass is 347 g/mol. The summed E-state index contributed by atoms with van der Waals surface area (Å²) in [7, 11) is 0. The molecular weight excluding hydrogens is 330 g/mol. The predicted octanol–water partition coefficient (Wildman–Crippen LogP) is 4.14. The third-order valence-corrected chi connectivity index (χ3v) is 4.04. The van der Waals surface area contributed by atoms with Gasteiger partial charge in [-0.3, -0.25) is 14.4 Å². The van der Waals surface area contributed by atoms with Crippen LogP contribution in [-0.4, -0.2) is 22.8 Å². The van der Waals surface area contributed by atoms with E-state index in [1.807, 2.05) is 36.4 Å². The van der Waals surface area contributed by atoms with E-state index in [4.69, 9.17) is 5.11 Å². The van der Waals surface area contributed by atoms with Gasteiger partial charge in [-0.05, 0) is 47.2 Å². The number of aliphatic carboxylic acids is 1. The molecule has 0 bridgehead atoms. The van der Waals surface area contributed by atoms with E-state index >= 15 is 0 Å². The summed E-state index contributed by atoms with van der Waals surface area (Å²) in [6.07, 6.45) is -0.239. The van der Waals surface area contributed by atoms with Gasteiger partial charge in [-0.15, -0.1) is 0 Å². The zero-order valence-corrected chi connectivity index (χ0v) is 13.9. The summed E-state index contributed by atoms with van der Waals surface area (Å²) in [5.74, 6) is -1.47. The van der Waals surface area contributed by atoms with Crippen molar-refractivity contribution >= 4 is 34.1 Å². The van der Waals surface area contributed by atoms with Crippen LogP contribution in [0.4, 0.5) is 5.69 Å².